The van der Waals surface area contributed by atoms with E-state index in [2.05, 4.69) is 29.3 Å². The van der Waals surface area contributed by atoms with Gasteiger partial charge in [0.1, 0.15) is 6.04 Å². The summed E-state index contributed by atoms with van der Waals surface area (Å²) >= 11 is 0. The number of carboxylic acids is 1. The van der Waals surface area contributed by atoms with Crippen molar-refractivity contribution in [2.24, 2.45) is 11.8 Å². The molecule has 1 atom stereocenters. The number of nitrogens with one attached hydrogen (secondary N) is 1. The predicted octanol–water partition coefficient (Wildman–Crippen LogP) is 1.47. The third-order valence-corrected chi connectivity index (χ3v) is 2.51. The molecule has 0 spiro atoms. The number of hydrogen-bond donors (Lipinski definition) is 2. The smallest absolute Gasteiger partial charge is 0.320 e. The van der Waals surface area contributed by atoms with Crippen LogP contribution in [-0.4, -0.2) is 27.3 Å². The summed E-state index contributed by atoms with van der Waals surface area (Å²) in [4.78, 5) is 15.2. The molecule has 0 saturated carbocycles. The zero-order valence-corrected chi connectivity index (χ0v) is 11.3. The molecule has 1 aromatic heterocycles. The van der Waals surface area contributed by atoms with E-state index in [0.29, 0.717) is 17.6 Å². The average Bonchev–Trinajstić information content (AvgIpc) is 2.63. The first-order valence-electron chi connectivity index (χ1n) is 6.17. The van der Waals surface area contributed by atoms with E-state index >= 15 is 0 Å². The quantitative estimate of drug-likeness (QED) is 0.767. The van der Waals surface area contributed by atoms with Crippen LogP contribution in [0.4, 0.5) is 0 Å². The lowest BCUT2D eigenvalue weighted by atomic mass is 10.1. The molecule has 0 amide bonds. The van der Waals surface area contributed by atoms with Crippen LogP contribution in [0.2, 0.25) is 0 Å². The van der Waals surface area contributed by atoms with Gasteiger partial charge in [0.15, 0.2) is 5.82 Å². The maximum atomic E-state index is 11.0. The maximum Gasteiger partial charge on any atom is 0.320 e. The highest BCUT2D eigenvalue weighted by atomic mass is 16.5. The van der Waals surface area contributed by atoms with Gasteiger partial charge in [-0.15, -0.1) is 0 Å². The number of carbonyl (C=O) groups is 1. The molecule has 1 heterocycles. The molecule has 0 aliphatic rings. The van der Waals surface area contributed by atoms with Crippen LogP contribution >= 0.6 is 0 Å². The van der Waals surface area contributed by atoms with Crippen LogP contribution < -0.4 is 5.32 Å². The van der Waals surface area contributed by atoms with E-state index in [9.17, 15) is 4.79 Å². The van der Waals surface area contributed by atoms with Crippen LogP contribution in [0.1, 0.15) is 39.4 Å². The number of aliphatic carboxylic acids is 1. The SMILES string of the molecule is CC(C)Cc1noc(CNC(C(=O)O)C(C)C)n1. The van der Waals surface area contributed by atoms with Gasteiger partial charge in [0.05, 0.1) is 6.54 Å². The standard InChI is InChI=1S/C12H21N3O3/c1-7(2)5-9-14-10(18-15-9)6-13-11(8(3)4)12(16)17/h7-8,11,13H,5-6H2,1-4H3,(H,16,17). The Labute approximate surface area is 107 Å². The molecule has 0 saturated heterocycles. The molecule has 6 nitrogen and oxygen atoms in total. The number of nitrogens with zero attached hydrogens (tertiary/aromatic N) is 2. The van der Waals surface area contributed by atoms with E-state index in [1.54, 1.807) is 0 Å². The molecular formula is C12H21N3O3. The minimum atomic E-state index is -0.869. The van der Waals surface area contributed by atoms with Crippen LogP contribution in [0.25, 0.3) is 0 Å². The Kier molecular flexibility index (Phi) is 5.27. The lowest BCUT2D eigenvalue weighted by Crippen LogP contribution is -2.40. The first-order valence-corrected chi connectivity index (χ1v) is 6.17. The van der Waals surface area contributed by atoms with E-state index in [1.807, 2.05) is 13.8 Å². The van der Waals surface area contributed by atoms with Crippen molar-refractivity contribution in [2.45, 2.75) is 46.7 Å². The van der Waals surface area contributed by atoms with Crippen molar-refractivity contribution in [3.8, 4) is 0 Å². The van der Waals surface area contributed by atoms with Crippen molar-refractivity contribution in [2.75, 3.05) is 0 Å². The van der Waals surface area contributed by atoms with Crippen LogP contribution in [-0.2, 0) is 17.8 Å². The van der Waals surface area contributed by atoms with Gasteiger partial charge in [0.2, 0.25) is 5.89 Å². The zero-order valence-electron chi connectivity index (χ0n) is 11.3. The van der Waals surface area contributed by atoms with Gasteiger partial charge in [-0.3, -0.25) is 10.1 Å². The first kappa shape index (κ1) is 14.6. The lowest BCUT2D eigenvalue weighted by Gasteiger charge is -2.16. The summed E-state index contributed by atoms with van der Waals surface area (Å²) in [5, 5.41) is 15.8. The Hall–Kier alpha value is -1.43. The first-order chi connectivity index (χ1) is 8.40. The van der Waals surface area contributed by atoms with Gasteiger partial charge < -0.3 is 9.63 Å². The third kappa shape index (κ3) is 4.44. The Morgan fingerprint density at radius 1 is 1.39 bits per heavy atom. The number of aromatic nitrogens is 2. The highest BCUT2D eigenvalue weighted by Gasteiger charge is 2.21. The Bertz CT molecular complexity index is 388. The second kappa shape index (κ2) is 6.49. The number of hydrogen-bond acceptors (Lipinski definition) is 5. The van der Waals surface area contributed by atoms with E-state index in [-0.39, 0.29) is 12.5 Å². The van der Waals surface area contributed by atoms with Crippen LogP contribution in [0.5, 0.6) is 0 Å². The topological polar surface area (TPSA) is 88.2 Å². The van der Waals surface area contributed by atoms with Gasteiger partial charge in [-0.2, -0.15) is 4.98 Å². The minimum Gasteiger partial charge on any atom is -0.480 e. The second-order valence-corrected chi connectivity index (χ2v) is 5.14. The van der Waals surface area contributed by atoms with Crippen LogP contribution in [0.15, 0.2) is 4.52 Å². The van der Waals surface area contributed by atoms with Gasteiger partial charge in [-0.05, 0) is 11.8 Å². The van der Waals surface area contributed by atoms with E-state index in [1.165, 1.54) is 0 Å². The van der Waals surface area contributed by atoms with Crippen molar-refractivity contribution in [3.63, 3.8) is 0 Å². The maximum absolute atomic E-state index is 11.0. The summed E-state index contributed by atoms with van der Waals surface area (Å²) in [5.74, 6) is 0.689. The van der Waals surface area contributed by atoms with Crippen molar-refractivity contribution < 1.29 is 14.4 Å². The highest BCUT2D eigenvalue weighted by Crippen LogP contribution is 2.06. The molecule has 6 heteroatoms. The predicted molar refractivity (Wildman–Crippen MR) is 65.9 cm³/mol. The molecule has 0 aromatic carbocycles. The second-order valence-electron chi connectivity index (χ2n) is 5.14. The lowest BCUT2D eigenvalue weighted by molar-refractivity contribution is -0.140. The van der Waals surface area contributed by atoms with Crippen molar-refractivity contribution >= 4 is 5.97 Å². The molecule has 18 heavy (non-hydrogen) atoms. The van der Waals surface area contributed by atoms with Gasteiger partial charge in [0.25, 0.3) is 0 Å². The Morgan fingerprint density at radius 2 is 2.06 bits per heavy atom. The van der Waals surface area contributed by atoms with Crippen molar-refractivity contribution in [3.05, 3.63) is 11.7 Å². The van der Waals surface area contributed by atoms with Crippen molar-refractivity contribution in [1.82, 2.24) is 15.5 Å². The Balaban J connectivity index is 2.52. The van der Waals surface area contributed by atoms with Crippen LogP contribution in [0, 0.1) is 11.8 Å². The molecule has 0 aliphatic heterocycles. The molecule has 1 unspecified atom stereocenters. The zero-order chi connectivity index (χ0) is 13.7. The largest absolute Gasteiger partial charge is 0.480 e. The summed E-state index contributed by atoms with van der Waals surface area (Å²) in [6, 6.07) is -0.606. The normalized spacial score (nSPS) is 13.2. The van der Waals surface area contributed by atoms with E-state index in [4.69, 9.17) is 9.63 Å². The van der Waals surface area contributed by atoms with E-state index < -0.39 is 12.0 Å². The number of rotatable bonds is 7. The minimum absolute atomic E-state index is 0.000515. The summed E-state index contributed by atoms with van der Waals surface area (Å²) in [6.07, 6.45) is 0.760. The molecule has 0 bridgehead atoms. The monoisotopic (exact) mass is 255 g/mol. The van der Waals surface area contributed by atoms with Gasteiger partial charge in [0, 0.05) is 6.42 Å². The summed E-state index contributed by atoms with van der Waals surface area (Å²) in [6.45, 7) is 8.13. The van der Waals surface area contributed by atoms with E-state index in [0.717, 1.165) is 6.42 Å². The van der Waals surface area contributed by atoms with Gasteiger partial charge >= 0.3 is 5.97 Å². The van der Waals surface area contributed by atoms with Crippen molar-refractivity contribution in [1.29, 1.82) is 0 Å². The molecular weight excluding hydrogens is 234 g/mol. The molecule has 0 radical (unpaired) electrons. The molecule has 1 rings (SSSR count). The summed E-state index contributed by atoms with van der Waals surface area (Å²) < 4.78 is 5.06. The molecule has 0 aliphatic carbocycles. The fraction of sp³-hybridized carbons (Fsp3) is 0.750. The third-order valence-electron chi connectivity index (χ3n) is 2.51. The highest BCUT2D eigenvalue weighted by molar-refractivity contribution is 5.73. The molecule has 0 fully saturated rings. The summed E-state index contributed by atoms with van der Waals surface area (Å²) in [5.41, 5.74) is 0. The molecule has 102 valence electrons. The fourth-order valence-electron chi connectivity index (χ4n) is 1.62. The number of carboxylic acid groups (broad SMARTS) is 1. The van der Waals surface area contributed by atoms with Gasteiger partial charge in [-0.25, -0.2) is 0 Å². The fourth-order valence-corrected chi connectivity index (χ4v) is 1.62. The summed E-state index contributed by atoms with van der Waals surface area (Å²) in [7, 11) is 0. The molecule has 2 N–H and O–H groups in total. The van der Waals surface area contributed by atoms with Crippen LogP contribution in [0.3, 0.4) is 0 Å². The Morgan fingerprint density at radius 3 is 2.56 bits per heavy atom. The van der Waals surface area contributed by atoms with Gasteiger partial charge in [-0.1, -0.05) is 32.9 Å². The average molecular weight is 255 g/mol. The molecule has 1 aromatic rings.